The van der Waals surface area contributed by atoms with Crippen LogP contribution in [0.1, 0.15) is 10.4 Å². The average molecular weight is 276 g/mol. The van der Waals surface area contributed by atoms with Crippen molar-refractivity contribution < 1.29 is 4.79 Å². The van der Waals surface area contributed by atoms with Gasteiger partial charge in [0.1, 0.15) is 0 Å². The van der Waals surface area contributed by atoms with E-state index in [1.54, 1.807) is 12.3 Å². The molecule has 0 aliphatic carbocycles. The van der Waals surface area contributed by atoms with Crippen LogP contribution >= 0.6 is 11.6 Å². The first-order valence-corrected chi connectivity index (χ1v) is 6.67. The number of aromatic nitrogens is 1. The minimum atomic E-state index is 0.0378. The molecule has 0 atom stereocenters. The van der Waals surface area contributed by atoms with E-state index in [2.05, 4.69) is 10.3 Å². The van der Waals surface area contributed by atoms with Crippen LogP contribution in [0.2, 0.25) is 5.02 Å². The van der Waals surface area contributed by atoms with Gasteiger partial charge in [0.05, 0.1) is 11.1 Å². The third kappa shape index (κ3) is 2.55. The van der Waals surface area contributed by atoms with Crippen molar-refractivity contribution >= 4 is 28.4 Å². The zero-order valence-electron chi connectivity index (χ0n) is 10.4. The van der Waals surface area contributed by atoms with Gasteiger partial charge in [-0.3, -0.25) is 9.78 Å². The molecule has 98 valence electrons. The van der Waals surface area contributed by atoms with E-state index < -0.39 is 0 Å². The summed E-state index contributed by atoms with van der Waals surface area (Å²) >= 11 is 5.97. The van der Waals surface area contributed by atoms with E-state index in [-0.39, 0.29) is 5.91 Å². The van der Waals surface area contributed by atoms with Gasteiger partial charge in [0, 0.05) is 42.8 Å². The molecule has 4 nitrogen and oxygen atoms in total. The number of hydrogen-bond donors (Lipinski definition) is 1. The lowest BCUT2D eigenvalue weighted by atomic mass is 10.1. The zero-order valence-corrected chi connectivity index (χ0v) is 11.2. The van der Waals surface area contributed by atoms with Gasteiger partial charge < -0.3 is 10.2 Å². The van der Waals surface area contributed by atoms with Crippen LogP contribution in [0.5, 0.6) is 0 Å². The monoisotopic (exact) mass is 275 g/mol. The van der Waals surface area contributed by atoms with E-state index in [1.807, 2.05) is 23.1 Å². The first kappa shape index (κ1) is 12.4. The number of carbonyl (C=O) groups is 1. The summed E-state index contributed by atoms with van der Waals surface area (Å²) in [5, 5.41) is 4.78. The van der Waals surface area contributed by atoms with Gasteiger partial charge in [0.15, 0.2) is 0 Å². The fourth-order valence-corrected chi connectivity index (χ4v) is 2.45. The van der Waals surface area contributed by atoms with Gasteiger partial charge in [-0.2, -0.15) is 0 Å². The first-order chi connectivity index (χ1) is 9.24. The molecule has 1 N–H and O–H groups in total. The van der Waals surface area contributed by atoms with Crippen molar-refractivity contribution in [1.29, 1.82) is 0 Å². The van der Waals surface area contributed by atoms with Gasteiger partial charge in [-0.05, 0) is 24.3 Å². The summed E-state index contributed by atoms with van der Waals surface area (Å²) in [7, 11) is 0. The maximum atomic E-state index is 12.4. The first-order valence-electron chi connectivity index (χ1n) is 6.29. The highest BCUT2D eigenvalue weighted by atomic mass is 35.5. The number of pyridine rings is 1. The Kier molecular flexibility index (Phi) is 3.36. The molecule has 1 amide bonds. The van der Waals surface area contributed by atoms with Crippen LogP contribution in [-0.2, 0) is 0 Å². The minimum Gasteiger partial charge on any atom is -0.336 e. The molecule has 3 rings (SSSR count). The van der Waals surface area contributed by atoms with Gasteiger partial charge in [-0.25, -0.2) is 0 Å². The van der Waals surface area contributed by atoms with E-state index in [9.17, 15) is 4.79 Å². The SMILES string of the molecule is O=C(c1cnc2ccc(Cl)cc2c1)N1CCNCC1. The van der Waals surface area contributed by atoms with Crippen molar-refractivity contribution in [3.05, 3.63) is 41.0 Å². The molecule has 19 heavy (non-hydrogen) atoms. The highest BCUT2D eigenvalue weighted by molar-refractivity contribution is 6.31. The Balaban J connectivity index is 1.93. The Bertz CT molecular complexity index is 623. The van der Waals surface area contributed by atoms with Crippen LogP contribution in [-0.4, -0.2) is 42.0 Å². The molecular formula is C14H14ClN3O. The number of benzene rings is 1. The van der Waals surface area contributed by atoms with Crippen molar-refractivity contribution in [3.63, 3.8) is 0 Å². The van der Waals surface area contributed by atoms with E-state index in [1.165, 1.54) is 0 Å². The largest absolute Gasteiger partial charge is 0.336 e. The molecule has 1 aromatic carbocycles. The number of halogens is 1. The molecule has 0 bridgehead atoms. The standard InChI is InChI=1S/C14H14ClN3O/c15-12-1-2-13-10(8-12)7-11(9-17-13)14(19)18-5-3-16-4-6-18/h1-2,7-9,16H,3-6H2. The van der Waals surface area contributed by atoms with Crippen LogP contribution < -0.4 is 5.32 Å². The fourth-order valence-electron chi connectivity index (χ4n) is 2.27. The Hall–Kier alpha value is -1.65. The van der Waals surface area contributed by atoms with Crippen molar-refractivity contribution in [2.75, 3.05) is 26.2 Å². The third-order valence-corrected chi connectivity index (χ3v) is 3.53. The summed E-state index contributed by atoms with van der Waals surface area (Å²) in [6, 6.07) is 7.35. The van der Waals surface area contributed by atoms with E-state index in [4.69, 9.17) is 11.6 Å². The molecule has 0 radical (unpaired) electrons. The summed E-state index contributed by atoms with van der Waals surface area (Å²) in [6.07, 6.45) is 1.64. The van der Waals surface area contributed by atoms with E-state index in [0.717, 1.165) is 37.1 Å². The molecule has 1 fully saturated rings. The molecule has 0 unspecified atom stereocenters. The quantitative estimate of drug-likeness (QED) is 0.865. The van der Waals surface area contributed by atoms with Crippen LogP contribution in [0.15, 0.2) is 30.5 Å². The highest BCUT2D eigenvalue weighted by Crippen LogP contribution is 2.19. The van der Waals surface area contributed by atoms with Crippen LogP contribution in [0.25, 0.3) is 10.9 Å². The lowest BCUT2D eigenvalue weighted by Crippen LogP contribution is -2.46. The van der Waals surface area contributed by atoms with Gasteiger partial charge in [0.25, 0.3) is 5.91 Å². The van der Waals surface area contributed by atoms with Gasteiger partial charge in [-0.15, -0.1) is 0 Å². The van der Waals surface area contributed by atoms with Gasteiger partial charge in [0.2, 0.25) is 0 Å². The number of fused-ring (bicyclic) bond motifs is 1. The molecule has 2 aromatic rings. The molecule has 1 saturated heterocycles. The Morgan fingerprint density at radius 1 is 1.26 bits per heavy atom. The highest BCUT2D eigenvalue weighted by Gasteiger charge is 2.18. The predicted octanol–water partition coefficient (Wildman–Crippen LogP) is 1.93. The lowest BCUT2D eigenvalue weighted by molar-refractivity contribution is 0.0735. The molecule has 1 aliphatic heterocycles. The molecule has 0 saturated carbocycles. The molecule has 2 heterocycles. The average Bonchev–Trinajstić information content (AvgIpc) is 2.46. The maximum absolute atomic E-state index is 12.4. The second-order valence-electron chi connectivity index (χ2n) is 4.60. The fraction of sp³-hybridized carbons (Fsp3) is 0.286. The van der Waals surface area contributed by atoms with Crippen molar-refractivity contribution in [3.8, 4) is 0 Å². The Morgan fingerprint density at radius 2 is 2.05 bits per heavy atom. The topological polar surface area (TPSA) is 45.2 Å². The van der Waals surface area contributed by atoms with Crippen LogP contribution in [0.4, 0.5) is 0 Å². The van der Waals surface area contributed by atoms with Crippen LogP contribution in [0, 0.1) is 0 Å². The number of piperazine rings is 1. The second kappa shape index (κ2) is 5.15. The van der Waals surface area contributed by atoms with Crippen molar-refractivity contribution in [2.24, 2.45) is 0 Å². The summed E-state index contributed by atoms with van der Waals surface area (Å²) in [5.41, 5.74) is 1.47. The zero-order chi connectivity index (χ0) is 13.2. The van der Waals surface area contributed by atoms with Crippen molar-refractivity contribution in [1.82, 2.24) is 15.2 Å². The lowest BCUT2D eigenvalue weighted by Gasteiger charge is -2.27. The van der Waals surface area contributed by atoms with E-state index in [0.29, 0.717) is 10.6 Å². The van der Waals surface area contributed by atoms with E-state index >= 15 is 0 Å². The summed E-state index contributed by atoms with van der Waals surface area (Å²) < 4.78 is 0. The minimum absolute atomic E-state index is 0.0378. The van der Waals surface area contributed by atoms with Crippen molar-refractivity contribution in [2.45, 2.75) is 0 Å². The predicted molar refractivity (Wildman–Crippen MR) is 75.5 cm³/mol. The smallest absolute Gasteiger partial charge is 0.255 e. The number of amides is 1. The summed E-state index contributed by atoms with van der Waals surface area (Å²) in [5.74, 6) is 0.0378. The third-order valence-electron chi connectivity index (χ3n) is 3.29. The Labute approximate surface area is 116 Å². The van der Waals surface area contributed by atoms with Gasteiger partial charge in [-0.1, -0.05) is 11.6 Å². The Morgan fingerprint density at radius 3 is 2.84 bits per heavy atom. The van der Waals surface area contributed by atoms with Gasteiger partial charge >= 0.3 is 0 Å². The molecule has 5 heteroatoms. The normalized spacial score (nSPS) is 15.7. The maximum Gasteiger partial charge on any atom is 0.255 e. The summed E-state index contributed by atoms with van der Waals surface area (Å²) in [6.45, 7) is 3.18. The molecule has 0 spiro atoms. The van der Waals surface area contributed by atoms with Crippen LogP contribution in [0.3, 0.4) is 0 Å². The number of nitrogens with zero attached hydrogens (tertiary/aromatic N) is 2. The number of rotatable bonds is 1. The number of hydrogen-bond acceptors (Lipinski definition) is 3. The molecule has 1 aromatic heterocycles. The summed E-state index contributed by atoms with van der Waals surface area (Å²) in [4.78, 5) is 18.5. The molecule has 1 aliphatic rings. The number of carbonyl (C=O) groups excluding carboxylic acids is 1. The number of nitrogens with one attached hydrogen (secondary N) is 1. The molecular weight excluding hydrogens is 262 g/mol. The second-order valence-corrected chi connectivity index (χ2v) is 5.04.